The molecule has 0 atom stereocenters. The fourth-order valence-electron chi connectivity index (χ4n) is 1.93. The number of carbonyl (C=O) groups is 1. The summed E-state index contributed by atoms with van der Waals surface area (Å²) in [5.41, 5.74) is 1.33. The van der Waals surface area contributed by atoms with Gasteiger partial charge in [0.05, 0.1) is 12.5 Å². The van der Waals surface area contributed by atoms with Crippen LogP contribution in [-0.4, -0.2) is 12.0 Å². The van der Waals surface area contributed by atoms with Crippen LogP contribution in [0.4, 0.5) is 10.1 Å². The normalized spacial score (nSPS) is 10.5. The van der Waals surface area contributed by atoms with E-state index in [0.717, 1.165) is 5.75 Å². The van der Waals surface area contributed by atoms with E-state index in [1.165, 1.54) is 12.1 Å². The van der Waals surface area contributed by atoms with Gasteiger partial charge in [0.25, 0.3) is 0 Å². The Morgan fingerprint density at radius 1 is 1.19 bits per heavy atom. The van der Waals surface area contributed by atoms with Gasteiger partial charge in [-0.25, -0.2) is 4.39 Å². The first-order valence-corrected chi connectivity index (χ1v) is 6.84. The minimum absolute atomic E-state index is 0.110. The molecule has 0 heterocycles. The van der Waals surface area contributed by atoms with Crippen LogP contribution >= 0.6 is 0 Å². The number of ether oxygens (including phenoxy) is 1. The van der Waals surface area contributed by atoms with Crippen molar-refractivity contribution in [3.05, 3.63) is 59.9 Å². The van der Waals surface area contributed by atoms with E-state index >= 15 is 0 Å². The molecule has 0 bridgehead atoms. The summed E-state index contributed by atoms with van der Waals surface area (Å²) in [7, 11) is 0. The van der Waals surface area contributed by atoms with Gasteiger partial charge >= 0.3 is 0 Å². The van der Waals surface area contributed by atoms with Crippen LogP contribution in [0.2, 0.25) is 0 Å². The highest BCUT2D eigenvalue weighted by atomic mass is 19.1. The Bertz CT molecular complexity index is 608. The molecule has 21 heavy (non-hydrogen) atoms. The SMILES string of the molecule is CC(C)Oc1ccc(NC(=O)Cc2cccc(F)c2)cc1. The average molecular weight is 287 g/mol. The van der Waals surface area contributed by atoms with E-state index in [0.29, 0.717) is 11.3 Å². The molecule has 0 fully saturated rings. The third-order valence-corrected chi connectivity index (χ3v) is 2.76. The van der Waals surface area contributed by atoms with E-state index in [2.05, 4.69) is 5.32 Å². The lowest BCUT2D eigenvalue weighted by molar-refractivity contribution is -0.115. The van der Waals surface area contributed by atoms with Crippen molar-refractivity contribution in [2.75, 3.05) is 5.32 Å². The molecule has 1 N–H and O–H groups in total. The molecular formula is C17H18FNO2. The van der Waals surface area contributed by atoms with E-state index in [-0.39, 0.29) is 24.2 Å². The lowest BCUT2D eigenvalue weighted by Crippen LogP contribution is -2.14. The largest absolute Gasteiger partial charge is 0.491 e. The number of carbonyl (C=O) groups excluding carboxylic acids is 1. The molecule has 0 saturated heterocycles. The van der Waals surface area contributed by atoms with Crippen molar-refractivity contribution in [2.24, 2.45) is 0 Å². The molecular weight excluding hydrogens is 269 g/mol. The smallest absolute Gasteiger partial charge is 0.228 e. The first-order chi connectivity index (χ1) is 10.0. The maximum Gasteiger partial charge on any atom is 0.228 e. The van der Waals surface area contributed by atoms with Crippen molar-refractivity contribution in [3.63, 3.8) is 0 Å². The third-order valence-electron chi connectivity index (χ3n) is 2.76. The van der Waals surface area contributed by atoms with E-state index in [4.69, 9.17) is 4.74 Å². The number of amides is 1. The highest BCUT2D eigenvalue weighted by molar-refractivity contribution is 5.92. The average Bonchev–Trinajstić information content (AvgIpc) is 2.40. The van der Waals surface area contributed by atoms with Gasteiger partial charge in [-0.05, 0) is 55.8 Å². The van der Waals surface area contributed by atoms with Crippen LogP contribution in [0.3, 0.4) is 0 Å². The molecule has 0 aromatic heterocycles. The van der Waals surface area contributed by atoms with Crippen molar-refractivity contribution in [3.8, 4) is 5.75 Å². The number of nitrogens with one attached hydrogen (secondary N) is 1. The molecule has 2 aromatic carbocycles. The summed E-state index contributed by atoms with van der Waals surface area (Å²) in [5.74, 6) is 0.238. The summed E-state index contributed by atoms with van der Waals surface area (Å²) in [6.07, 6.45) is 0.251. The zero-order valence-electron chi connectivity index (χ0n) is 12.1. The van der Waals surface area contributed by atoms with Gasteiger partial charge in [-0.2, -0.15) is 0 Å². The Morgan fingerprint density at radius 2 is 1.90 bits per heavy atom. The fraction of sp³-hybridized carbons (Fsp3) is 0.235. The second kappa shape index (κ2) is 6.88. The number of hydrogen-bond donors (Lipinski definition) is 1. The van der Waals surface area contributed by atoms with E-state index in [9.17, 15) is 9.18 Å². The Morgan fingerprint density at radius 3 is 2.52 bits per heavy atom. The van der Waals surface area contributed by atoms with Gasteiger partial charge in [-0.1, -0.05) is 12.1 Å². The molecule has 4 heteroatoms. The summed E-state index contributed by atoms with van der Waals surface area (Å²) >= 11 is 0. The second-order valence-corrected chi connectivity index (χ2v) is 5.05. The Labute approximate surface area is 123 Å². The predicted octanol–water partition coefficient (Wildman–Crippen LogP) is 3.79. The Hall–Kier alpha value is -2.36. The zero-order chi connectivity index (χ0) is 15.2. The first-order valence-electron chi connectivity index (χ1n) is 6.84. The maximum absolute atomic E-state index is 13.0. The number of halogens is 1. The van der Waals surface area contributed by atoms with Crippen LogP contribution < -0.4 is 10.1 Å². The van der Waals surface area contributed by atoms with E-state index < -0.39 is 0 Å². The number of hydrogen-bond acceptors (Lipinski definition) is 2. The monoisotopic (exact) mass is 287 g/mol. The van der Waals surface area contributed by atoms with Gasteiger partial charge in [0.1, 0.15) is 11.6 Å². The quantitative estimate of drug-likeness (QED) is 0.908. The van der Waals surface area contributed by atoms with Crippen molar-refractivity contribution in [2.45, 2.75) is 26.4 Å². The van der Waals surface area contributed by atoms with Gasteiger partial charge in [0.2, 0.25) is 5.91 Å². The third kappa shape index (κ3) is 4.91. The number of benzene rings is 2. The van der Waals surface area contributed by atoms with Crippen molar-refractivity contribution < 1.29 is 13.9 Å². The summed E-state index contributed by atoms with van der Waals surface area (Å²) in [6.45, 7) is 3.91. The second-order valence-electron chi connectivity index (χ2n) is 5.05. The molecule has 0 radical (unpaired) electrons. The lowest BCUT2D eigenvalue weighted by atomic mass is 10.1. The van der Waals surface area contributed by atoms with Crippen molar-refractivity contribution >= 4 is 11.6 Å². The molecule has 1 amide bonds. The minimum atomic E-state index is -0.338. The maximum atomic E-state index is 13.0. The van der Waals surface area contributed by atoms with Crippen LogP contribution in [0.5, 0.6) is 5.75 Å². The van der Waals surface area contributed by atoms with Gasteiger partial charge in [0, 0.05) is 5.69 Å². The standard InChI is InChI=1S/C17H18FNO2/c1-12(2)21-16-8-6-15(7-9-16)19-17(20)11-13-4-3-5-14(18)10-13/h3-10,12H,11H2,1-2H3,(H,19,20). The summed E-state index contributed by atoms with van der Waals surface area (Å²) < 4.78 is 18.6. The zero-order valence-corrected chi connectivity index (χ0v) is 12.1. The van der Waals surface area contributed by atoms with Gasteiger partial charge in [-0.3, -0.25) is 4.79 Å². The lowest BCUT2D eigenvalue weighted by Gasteiger charge is -2.10. The fourth-order valence-corrected chi connectivity index (χ4v) is 1.93. The molecule has 3 nitrogen and oxygen atoms in total. The molecule has 0 aliphatic carbocycles. The van der Waals surface area contributed by atoms with Crippen LogP contribution in [0.1, 0.15) is 19.4 Å². The molecule has 2 rings (SSSR count). The summed E-state index contributed by atoms with van der Waals surface area (Å²) in [5, 5.41) is 2.77. The molecule has 2 aromatic rings. The van der Waals surface area contributed by atoms with Crippen LogP contribution in [0.25, 0.3) is 0 Å². The topological polar surface area (TPSA) is 38.3 Å². The van der Waals surface area contributed by atoms with E-state index in [1.807, 2.05) is 13.8 Å². The van der Waals surface area contributed by atoms with Crippen LogP contribution in [0.15, 0.2) is 48.5 Å². The van der Waals surface area contributed by atoms with Gasteiger partial charge < -0.3 is 10.1 Å². The number of anilines is 1. The first kappa shape index (κ1) is 15.0. The molecule has 0 spiro atoms. The highest BCUT2D eigenvalue weighted by Crippen LogP contribution is 2.17. The molecule has 0 saturated carbocycles. The summed E-state index contributed by atoms with van der Waals surface area (Å²) in [4.78, 5) is 11.9. The van der Waals surface area contributed by atoms with Crippen molar-refractivity contribution in [1.29, 1.82) is 0 Å². The Kier molecular flexibility index (Phi) is 4.93. The van der Waals surface area contributed by atoms with Crippen LogP contribution in [-0.2, 0) is 11.2 Å². The van der Waals surface area contributed by atoms with Gasteiger partial charge in [-0.15, -0.1) is 0 Å². The predicted molar refractivity (Wildman–Crippen MR) is 80.9 cm³/mol. The number of rotatable bonds is 5. The molecule has 110 valence electrons. The van der Waals surface area contributed by atoms with E-state index in [1.54, 1.807) is 36.4 Å². The Balaban J connectivity index is 1.93. The van der Waals surface area contributed by atoms with Crippen molar-refractivity contribution in [1.82, 2.24) is 0 Å². The highest BCUT2D eigenvalue weighted by Gasteiger charge is 2.05. The van der Waals surface area contributed by atoms with Crippen LogP contribution in [0, 0.1) is 5.82 Å². The molecule has 0 unspecified atom stereocenters. The van der Waals surface area contributed by atoms with Gasteiger partial charge in [0.15, 0.2) is 0 Å². The minimum Gasteiger partial charge on any atom is -0.491 e. The molecule has 0 aliphatic rings. The molecule has 0 aliphatic heterocycles. The summed E-state index contributed by atoms with van der Waals surface area (Å²) in [6, 6.07) is 13.2.